The first-order valence-electron chi connectivity index (χ1n) is 11.8. The lowest BCUT2D eigenvalue weighted by molar-refractivity contribution is 0.736. The minimum Gasteiger partial charge on any atom is -0.0657 e. The standard InChI is InChI=1S/C31H36Si/c1-19-16-20(2)18-27(17-19)32-31(28-21(3)12-11-13-22(28)4)30-25(7)23(5)24(6)29(30)26-14-9-8-10-15-26/h8-18,30-31H,32H2,1-7H3. The van der Waals surface area contributed by atoms with E-state index in [0.717, 1.165) is 0 Å². The van der Waals surface area contributed by atoms with E-state index in [1.54, 1.807) is 21.9 Å². The Morgan fingerprint density at radius 1 is 0.656 bits per heavy atom. The van der Waals surface area contributed by atoms with Gasteiger partial charge in [-0.15, -0.1) is 0 Å². The van der Waals surface area contributed by atoms with Gasteiger partial charge in [0.2, 0.25) is 0 Å². The topological polar surface area (TPSA) is 0 Å². The van der Waals surface area contributed by atoms with E-state index in [2.05, 4.69) is 115 Å². The van der Waals surface area contributed by atoms with E-state index in [1.165, 1.54) is 39.0 Å². The van der Waals surface area contributed by atoms with Crippen molar-refractivity contribution in [1.82, 2.24) is 0 Å². The molecule has 0 saturated carbocycles. The molecule has 32 heavy (non-hydrogen) atoms. The molecule has 1 aliphatic carbocycles. The van der Waals surface area contributed by atoms with Crippen LogP contribution in [0.2, 0.25) is 0 Å². The molecule has 0 bridgehead atoms. The smallest absolute Gasteiger partial charge is 0.0636 e. The third kappa shape index (κ3) is 4.19. The summed E-state index contributed by atoms with van der Waals surface area (Å²) in [7, 11) is -0.593. The van der Waals surface area contributed by atoms with Gasteiger partial charge in [0.15, 0.2) is 0 Å². The second-order valence-corrected chi connectivity index (χ2v) is 11.9. The summed E-state index contributed by atoms with van der Waals surface area (Å²) in [5, 5.41) is 1.58. The number of hydrogen-bond donors (Lipinski definition) is 0. The fourth-order valence-electron chi connectivity index (χ4n) is 5.94. The molecule has 3 aromatic rings. The van der Waals surface area contributed by atoms with Gasteiger partial charge < -0.3 is 0 Å². The van der Waals surface area contributed by atoms with Crippen molar-refractivity contribution < 1.29 is 0 Å². The Hall–Kier alpha value is -2.64. The molecule has 0 aliphatic heterocycles. The Labute approximate surface area is 196 Å². The Morgan fingerprint density at radius 3 is 1.84 bits per heavy atom. The van der Waals surface area contributed by atoms with Crippen molar-refractivity contribution in [2.75, 3.05) is 0 Å². The molecular formula is C31H36Si. The zero-order chi connectivity index (χ0) is 23.0. The summed E-state index contributed by atoms with van der Waals surface area (Å²) in [6, 6.07) is 25.1. The van der Waals surface area contributed by atoms with Crippen LogP contribution in [-0.2, 0) is 0 Å². The summed E-state index contributed by atoms with van der Waals surface area (Å²) in [5.41, 5.74) is 15.2. The number of hydrogen-bond acceptors (Lipinski definition) is 0. The summed E-state index contributed by atoms with van der Waals surface area (Å²) >= 11 is 0. The molecule has 4 rings (SSSR count). The maximum Gasteiger partial charge on any atom is 0.0636 e. The van der Waals surface area contributed by atoms with Crippen LogP contribution in [0.3, 0.4) is 0 Å². The molecule has 0 nitrogen and oxygen atoms in total. The zero-order valence-corrected chi connectivity index (χ0v) is 22.1. The molecule has 1 aliphatic rings. The molecule has 0 spiro atoms. The zero-order valence-electron chi connectivity index (χ0n) is 20.7. The third-order valence-corrected chi connectivity index (χ3v) is 9.67. The Bertz CT molecular complexity index is 1170. The first kappa shape index (κ1) is 22.5. The lowest BCUT2D eigenvalue weighted by Gasteiger charge is -2.31. The summed E-state index contributed by atoms with van der Waals surface area (Å²) in [6.07, 6.45) is 0. The van der Waals surface area contributed by atoms with E-state index in [1.807, 2.05) is 0 Å². The summed E-state index contributed by atoms with van der Waals surface area (Å²) in [4.78, 5) is 0. The van der Waals surface area contributed by atoms with Crippen molar-refractivity contribution in [3.05, 3.63) is 117 Å². The first-order valence-corrected chi connectivity index (χ1v) is 13.4. The van der Waals surface area contributed by atoms with Gasteiger partial charge >= 0.3 is 0 Å². The van der Waals surface area contributed by atoms with Crippen LogP contribution in [0.15, 0.2) is 83.4 Å². The average molecular weight is 437 g/mol. The van der Waals surface area contributed by atoms with Gasteiger partial charge in [0.05, 0.1) is 9.52 Å². The summed E-state index contributed by atoms with van der Waals surface area (Å²) < 4.78 is 0. The molecule has 3 aromatic carbocycles. The van der Waals surface area contributed by atoms with E-state index in [4.69, 9.17) is 0 Å². The number of benzene rings is 3. The predicted molar refractivity (Wildman–Crippen MR) is 144 cm³/mol. The van der Waals surface area contributed by atoms with Crippen molar-refractivity contribution >= 4 is 20.3 Å². The molecule has 2 unspecified atom stereocenters. The Morgan fingerprint density at radius 2 is 1.25 bits per heavy atom. The van der Waals surface area contributed by atoms with Gasteiger partial charge in [-0.25, -0.2) is 0 Å². The number of aryl methyl sites for hydroxylation is 4. The molecule has 0 N–H and O–H groups in total. The highest BCUT2D eigenvalue weighted by atomic mass is 28.2. The molecular weight excluding hydrogens is 400 g/mol. The SMILES string of the molecule is CC1=C(C)C(C([SiH2]c2cc(C)cc(C)c2)c2c(C)cccc2C)C(c2ccccc2)=C1C. The van der Waals surface area contributed by atoms with Crippen LogP contribution >= 0.6 is 0 Å². The minimum atomic E-state index is -0.593. The van der Waals surface area contributed by atoms with Crippen LogP contribution in [0, 0.1) is 33.6 Å². The maximum atomic E-state index is 2.44. The van der Waals surface area contributed by atoms with Gasteiger partial charge in [-0.1, -0.05) is 88.6 Å². The van der Waals surface area contributed by atoms with Gasteiger partial charge in [0.25, 0.3) is 0 Å². The lowest BCUT2D eigenvalue weighted by atomic mass is 9.82. The van der Waals surface area contributed by atoms with Gasteiger partial charge in [-0.2, -0.15) is 0 Å². The number of rotatable bonds is 5. The van der Waals surface area contributed by atoms with Gasteiger partial charge in [0, 0.05) is 5.92 Å². The van der Waals surface area contributed by atoms with Crippen molar-refractivity contribution in [2.24, 2.45) is 5.92 Å². The van der Waals surface area contributed by atoms with Crippen LogP contribution in [0.25, 0.3) is 5.57 Å². The van der Waals surface area contributed by atoms with Crippen molar-refractivity contribution in [3.8, 4) is 0 Å². The highest BCUT2D eigenvalue weighted by Gasteiger charge is 2.36. The monoisotopic (exact) mass is 436 g/mol. The van der Waals surface area contributed by atoms with Crippen LogP contribution in [0.4, 0.5) is 0 Å². The van der Waals surface area contributed by atoms with E-state index < -0.39 is 9.52 Å². The third-order valence-electron chi connectivity index (χ3n) is 7.47. The second-order valence-electron chi connectivity index (χ2n) is 9.80. The van der Waals surface area contributed by atoms with E-state index >= 15 is 0 Å². The number of allylic oxidation sites excluding steroid dienone is 4. The van der Waals surface area contributed by atoms with Gasteiger partial charge in [-0.05, 0) is 93.0 Å². The van der Waals surface area contributed by atoms with Crippen LogP contribution in [0.5, 0.6) is 0 Å². The highest BCUT2D eigenvalue weighted by molar-refractivity contribution is 6.55. The van der Waals surface area contributed by atoms with E-state index in [0.29, 0.717) is 11.5 Å². The Kier molecular flexibility index (Phi) is 6.39. The second kappa shape index (κ2) is 9.08. The Balaban J connectivity index is 1.92. The van der Waals surface area contributed by atoms with Crippen molar-refractivity contribution in [3.63, 3.8) is 0 Å². The molecule has 1 heteroatoms. The fraction of sp³-hybridized carbons (Fsp3) is 0.290. The van der Waals surface area contributed by atoms with Crippen LogP contribution in [-0.4, -0.2) is 9.52 Å². The molecule has 164 valence electrons. The average Bonchev–Trinajstić information content (AvgIpc) is 2.96. The summed E-state index contributed by atoms with van der Waals surface area (Å²) in [6.45, 7) is 16.1. The molecule has 0 radical (unpaired) electrons. The molecule has 0 heterocycles. The van der Waals surface area contributed by atoms with Crippen LogP contribution < -0.4 is 5.19 Å². The highest BCUT2D eigenvalue weighted by Crippen LogP contribution is 2.49. The van der Waals surface area contributed by atoms with Crippen LogP contribution in [0.1, 0.15) is 59.7 Å². The fourth-order valence-corrected chi connectivity index (χ4v) is 9.00. The molecule has 0 aromatic heterocycles. The molecule has 0 saturated heterocycles. The van der Waals surface area contributed by atoms with E-state index in [9.17, 15) is 0 Å². The largest absolute Gasteiger partial charge is 0.0657 e. The van der Waals surface area contributed by atoms with E-state index in [-0.39, 0.29) is 0 Å². The first-order chi connectivity index (χ1) is 15.3. The lowest BCUT2D eigenvalue weighted by Crippen LogP contribution is -2.30. The molecule has 0 amide bonds. The predicted octanol–water partition coefficient (Wildman–Crippen LogP) is 6.90. The maximum absolute atomic E-state index is 2.44. The van der Waals surface area contributed by atoms with Crippen molar-refractivity contribution in [1.29, 1.82) is 0 Å². The quantitative estimate of drug-likeness (QED) is 0.382. The van der Waals surface area contributed by atoms with Crippen molar-refractivity contribution in [2.45, 2.75) is 54.0 Å². The van der Waals surface area contributed by atoms with Gasteiger partial charge in [-0.3, -0.25) is 0 Å². The summed E-state index contributed by atoms with van der Waals surface area (Å²) in [5.74, 6) is 0.449. The molecule has 0 fully saturated rings. The molecule has 2 atom stereocenters. The van der Waals surface area contributed by atoms with Gasteiger partial charge in [0.1, 0.15) is 0 Å². The normalized spacial score (nSPS) is 17.7. The minimum absolute atomic E-state index is 0.449.